The molecule has 0 spiro atoms. The van der Waals surface area contributed by atoms with Crippen LogP contribution in [0.2, 0.25) is 0 Å². The van der Waals surface area contributed by atoms with Crippen LogP contribution in [0.15, 0.2) is 18.3 Å². The van der Waals surface area contributed by atoms with Crippen molar-refractivity contribution in [3.63, 3.8) is 0 Å². The topological polar surface area (TPSA) is 55.6 Å². The van der Waals surface area contributed by atoms with Gasteiger partial charge in [0.25, 0.3) is 5.91 Å². The third-order valence-corrected chi connectivity index (χ3v) is 5.20. The molecule has 0 atom stereocenters. The van der Waals surface area contributed by atoms with Crippen LogP contribution in [0.3, 0.4) is 0 Å². The molecular weight excluding hydrogens is 326 g/mol. The van der Waals surface area contributed by atoms with E-state index in [9.17, 15) is 4.79 Å². The molecule has 0 radical (unpaired) electrons. The number of nitrogens with zero attached hydrogens (tertiary/aromatic N) is 2. The first kappa shape index (κ1) is 18.9. The third kappa shape index (κ3) is 4.85. The predicted molar refractivity (Wildman–Crippen MR) is 104 cm³/mol. The smallest absolute Gasteiger partial charge is 0.255 e. The van der Waals surface area contributed by atoms with Crippen LogP contribution in [0, 0.1) is 13.8 Å². The number of hydrogen-bond acceptors (Lipinski definition) is 3. The Balaban J connectivity index is 1.68. The van der Waals surface area contributed by atoms with Gasteiger partial charge in [-0.1, -0.05) is 25.7 Å². The van der Waals surface area contributed by atoms with E-state index in [0.29, 0.717) is 5.56 Å². The van der Waals surface area contributed by atoms with Gasteiger partial charge in [-0.2, -0.15) is 0 Å². The highest BCUT2D eigenvalue weighted by molar-refractivity contribution is 6.00. The summed E-state index contributed by atoms with van der Waals surface area (Å²) in [6.07, 6.45) is 10.9. The molecule has 1 aliphatic rings. The summed E-state index contributed by atoms with van der Waals surface area (Å²) >= 11 is 0. The number of hydrogen-bond donors (Lipinski definition) is 1. The fraction of sp³-hybridized carbons (Fsp3) is 0.619. The predicted octanol–water partition coefficient (Wildman–Crippen LogP) is 4.20. The highest BCUT2D eigenvalue weighted by Gasteiger charge is 2.18. The Kier molecular flexibility index (Phi) is 6.67. The minimum atomic E-state index is 0.00503. The summed E-state index contributed by atoms with van der Waals surface area (Å²) in [4.78, 5) is 17.5. The van der Waals surface area contributed by atoms with Gasteiger partial charge in [0.15, 0.2) is 0 Å². The number of carbonyl (C=O) groups is 1. The van der Waals surface area contributed by atoms with Crippen molar-refractivity contribution in [1.82, 2.24) is 14.7 Å². The van der Waals surface area contributed by atoms with Gasteiger partial charge in [0.1, 0.15) is 5.65 Å². The van der Waals surface area contributed by atoms with E-state index in [-0.39, 0.29) is 11.9 Å². The molecule has 1 saturated heterocycles. The maximum absolute atomic E-state index is 12.9. The van der Waals surface area contributed by atoms with E-state index >= 15 is 0 Å². The Morgan fingerprint density at radius 1 is 1.12 bits per heavy atom. The summed E-state index contributed by atoms with van der Waals surface area (Å²) in [6.45, 7) is 5.76. The molecule has 0 bridgehead atoms. The lowest BCUT2D eigenvalue weighted by Gasteiger charge is -2.19. The molecule has 5 heteroatoms. The Hall–Kier alpha value is -1.88. The number of carbonyl (C=O) groups excluding carboxylic acids is 1. The van der Waals surface area contributed by atoms with Gasteiger partial charge in [-0.15, -0.1) is 0 Å². The van der Waals surface area contributed by atoms with E-state index in [1.807, 2.05) is 36.6 Å². The fourth-order valence-corrected chi connectivity index (χ4v) is 3.77. The molecule has 0 unspecified atom stereocenters. The molecule has 1 N–H and O–H groups in total. The summed E-state index contributed by atoms with van der Waals surface area (Å²) in [5.74, 6) is 0.00503. The molecule has 26 heavy (non-hydrogen) atoms. The molecule has 2 aromatic rings. The van der Waals surface area contributed by atoms with Crippen LogP contribution in [-0.4, -0.2) is 34.5 Å². The molecule has 3 rings (SSSR count). The number of fused-ring (bicyclic) bond motifs is 1. The molecule has 1 fully saturated rings. The van der Waals surface area contributed by atoms with Crippen molar-refractivity contribution in [3.05, 3.63) is 35.3 Å². The van der Waals surface area contributed by atoms with Crippen LogP contribution in [-0.2, 0) is 4.74 Å². The van der Waals surface area contributed by atoms with Crippen molar-refractivity contribution >= 4 is 11.6 Å². The molecule has 0 aliphatic carbocycles. The molecule has 0 aromatic carbocycles. The van der Waals surface area contributed by atoms with Crippen LogP contribution in [0.5, 0.6) is 0 Å². The fourth-order valence-electron chi connectivity index (χ4n) is 3.77. The molecule has 142 valence electrons. The van der Waals surface area contributed by atoms with Crippen molar-refractivity contribution in [2.45, 2.75) is 71.3 Å². The van der Waals surface area contributed by atoms with Gasteiger partial charge in [-0.25, -0.2) is 4.98 Å². The normalized spacial score (nSPS) is 18.2. The lowest BCUT2D eigenvalue weighted by molar-refractivity contribution is 0.0929. The first-order chi connectivity index (χ1) is 12.6. The standard InChI is InChI=1S/C21H31N3O2/c1-16-15-17(2)24-12-11-19(20(24)22-16)21(25)23-18-9-5-3-7-13-26-14-8-4-6-10-18/h11-12,15,18H,3-10,13-14H2,1-2H3,(H,23,25). The van der Waals surface area contributed by atoms with Gasteiger partial charge >= 0.3 is 0 Å². The molecule has 3 heterocycles. The number of rotatable bonds is 2. The minimum absolute atomic E-state index is 0.00503. The van der Waals surface area contributed by atoms with E-state index < -0.39 is 0 Å². The van der Waals surface area contributed by atoms with Crippen molar-refractivity contribution in [1.29, 1.82) is 0 Å². The number of ether oxygens (including phenoxy) is 1. The second-order valence-corrected chi connectivity index (χ2v) is 7.44. The summed E-state index contributed by atoms with van der Waals surface area (Å²) in [7, 11) is 0. The lowest BCUT2D eigenvalue weighted by Crippen LogP contribution is -2.35. The molecule has 1 aliphatic heterocycles. The zero-order chi connectivity index (χ0) is 18.4. The first-order valence-electron chi connectivity index (χ1n) is 9.99. The molecule has 1 amide bonds. The largest absolute Gasteiger partial charge is 0.381 e. The SMILES string of the molecule is Cc1cc(C)n2ccc(C(=O)NC3CCCCCOCCCCC3)c2n1. The number of nitrogens with one attached hydrogen (secondary N) is 1. The van der Waals surface area contributed by atoms with Gasteiger partial charge in [-0.3, -0.25) is 4.79 Å². The Labute approximate surface area is 156 Å². The van der Waals surface area contributed by atoms with Crippen LogP contribution in [0.4, 0.5) is 0 Å². The maximum Gasteiger partial charge on any atom is 0.255 e. The van der Waals surface area contributed by atoms with Gasteiger partial charge in [0.05, 0.1) is 5.56 Å². The average Bonchev–Trinajstić information content (AvgIpc) is 3.01. The molecule has 0 saturated carbocycles. The van der Waals surface area contributed by atoms with Crippen molar-refractivity contribution in [2.75, 3.05) is 13.2 Å². The van der Waals surface area contributed by atoms with Crippen LogP contribution >= 0.6 is 0 Å². The second kappa shape index (κ2) is 9.17. The summed E-state index contributed by atoms with van der Waals surface area (Å²) in [6, 6.07) is 4.17. The van der Waals surface area contributed by atoms with Crippen LogP contribution < -0.4 is 5.32 Å². The van der Waals surface area contributed by atoms with Crippen molar-refractivity contribution in [2.24, 2.45) is 0 Å². The minimum Gasteiger partial charge on any atom is -0.381 e. The number of aromatic nitrogens is 2. The number of aryl methyl sites for hydroxylation is 2. The van der Waals surface area contributed by atoms with E-state index in [0.717, 1.165) is 68.8 Å². The van der Waals surface area contributed by atoms with Gasteiger partial charge < -0.3 is 14.5 Å². The monoisotopic (exact) mass is 357 g/mol. The second-order valence-electron chi connectivity index (χ2n) is 7.44. The summed E-state index contributed by atoms with van der Waals surface area (Å²) in [5.41, 5.74) is 3.47. The van der Waals surface area contributed by atoms with Gasteiger partial charge in [0, 0.05) is 36.8 Å². The Bertz CT molecular complexity index is 726. The lowest BCUT2D eigenvalue weighted by atomic mass is 10.0. The zero-order valence-corrected chi connectivity index (χ0v) is 16.1. The van der Waals surface area contributed by atoms with E-state index in [1.54, 1.807) is 0 Å². The summed E-state index contributed by atoms with van der Waals surface area (Å²) in [5, 5.41) is 3.28. The van der Waals surface area contributed by atoms with E-state index in [4.69, 9.17) is 4.74 Å². The molecular formula is C21H31N3O2. The van der Waals surface area contributed by atoms with Crippen molar-refractivity contribution < 1.29 is 9.53 Å². The highest BCUT2D eigenvalue weighted by atomic mass is 16.5. The highest BCUT2D eigenvalue weighted by Crippen LogP contribution is 2.17. The number of amides is 1. The third-order valence-electron chi connectivity index (χ3n) is 5.20. The first-order valence-corrected chi connectivity index (χ1v) is 9.99. The quantitative estimate of drug-likeness (QED) is 0.876. The molecule has 2 aromatic heterocycles. The van der Waals surface area contributed by atoms with E-state index in [1.165, 1.54) is 12.8 Å². The van der Waals surface area contributed by atoms with E-state index in [2.05, 4.69) is 10.3 Å². The van der Waals surface area contributed by atoms with Crippen molar-refractivity contribution in [3.8, 4) is 0 Å². The van der Waals surface area contributed by atoms with Crippen LogP contribution in [0.25, 0.3) is 5.65 Å². The van der Waals surface area contributed by atoms with Gasteiger partial charge in [0.2, 0.25) is 0 Å². The van der Waals surface area contributed by atoms with Gasteiger partial charge in [-0.05, 0) is 51.7 Å². The Morgan fingerprint density at radius 3 is 2.50 bits per heavy atom. The molecule has 5 nitrogen and oxygen atoms in total. The summed E-state index contributed by atoms with van der Waals surface area (Å²) < 4.78 is 7.62. The Morgan fingerprint density at radius 2 is 1.81 bits per heavy atom. The average molecular weight is 357 g/mol. The van der Waals surface area contributed by atoms with Crippen LogP contribution in [0.1, 0.15) is 73.1 Å². The zero-order valence-electron chi connectivity index (χ0n) is 16.1. The maximum atomic E-state index is 12.9.